The van der Waals surface area contributed by atoms with E-state index in [9.17, 15) is 0 Å². The predicted molar refractivity (Wildman–Crippen MR) is 82.1 cm³/mol. The molecule has 0 N–H and O–H groups in total. The van der Waals surface area contributed by atoms with Crippen LogP contribution in [0.15, 0.2) is 65.1 Å². The Kier molecular flexibility index (Phi) is 3.11. The first-order valence-electron chi connectivity index (χ1n) is 5.69. The largest absolute Gasteiger partial charge is 0.0837 e. The van der Waals surface area contributed by atoms with Gasteiger partial charge in [-0.05, 0) is 38.3 Å². The van der Waals surface area contributed by atoms with Crippen LogP contribution in [0.25, 0.3) is 21.9 Å². The summed E-state index contributed by atoms with van der Waals surface area (Å²) in [6.45, 7) is 0. The molecule has 0 heterocycles. The molecule has 0 nitrogen and oxygen atoms in total. The summed E-state index contributed by atoms with van der Waals surface area (Å²) in [6.07, 6.45) is 0. The maximum atomic E-state index is 6.26. The van der Waals surface area contributed by atoms with Gasteiger partial charge in [0, 0.05) is 15.1 Å². The average Bonchev–Trinajstić information content (AvgIpc) is 2.41. The summed E-state index contributed by atoms with van der Waals surface area (Å²) in [5.41, 5.74) is 2.18. The molecule has 0 atom stereocenters. The monoisotopic (exact) mass is 316 g/mol. The third-order valence-electron chi connectivity index (χ3n) is 3.03. The maximum Gasteiger partial charge on any atom is 0.0484 e. The second-order valence-corrected chi connectivity index (χ2v) is 5.33. The van der Waals surface area contributed by atoms with E-state index in [2.05, 4.69) is 40.2 Å². The Morgan fingerprint density at radius 3 is 2.28 bits per heavy atom. The van der Waals surface area contributed by atoms with Gasteiger partial charge in [0.2, 0.25) is 0 Å². The lowest BCUT2D eigenvalue weighted by Gasteiger charge is -2.09. The zero-order chi connectivity index (χ0) is 12.5. The van der Waals surface area contributed by atoms with Crippen molar-refractivity contribution in [2.75, 3.05) is 0 Å². The topological polar surface area (TPSA) is 0 Å². The normalized spacial score (nSPS) is 10.8. The fourth-order valence-corrected chi connectivity index (χ4v) is 3.07. The molecule has 3 aromatic carbocycles. The summed E-state index contributed by atoms with van der Waals surface area (Å²) >= 11 is 9.96. The third kappa shape index (κ3) is 1.94. The zero-order valence-electron chi connectivity index (χ0n) is 9.53. The van der Waals surface area contributed by atoms with Gasteiger partial charge in [0.05, 0.1) is 0 Å². The van der Waals surface area contributed by atoms with Gasteiger partial charge in [-0.25, -0.2) is 0 Å². The number of rotatable bonds is 1. The van der Waals surface area contributed by atoms with Crippen molar-refractivity contribution in [1.29, 1.82) is 0 Å². The van der Waals surface area contributed by atoms with Crippen molar-refractivity contribution < 1.29 is 0 Å². The van der Waals surface area contributed by atoms with Crippen molar-refractivity contribution in [3.05, 3.63) is 70.2 Å². The summed E-state index contributed by atoms with van der Waals surface area (Å²) in [7, 11) is 0. The lowest BCUT2D eigenvalue weighted by Crippen LogP contribution is -1.83. The molecule has 0 radical (unpaired) electrons. The van der Waals surface area contributed by atoms with Crippen LogP contribution in [0.5, 0.6) is 0 Å². The molecule has 0 saturated heterocycles. The molecule has 0 aliphatic rings. The van der Waals surface area contributed by atoms with Gasteiger partial charge in [-0.3, -0.25) is 0 Å². The lowest BCUT2D eigenvalue weighted by molar-refractivity contribution is 1.62. The minimum Gasteiger partial charge on any atom is -0.0837 e. The second kappa shape index (κ2) is 4.75. The molecular weight excluding hydrogens is 308 g/mol. The van der Waals surface area contributed by atoms with Crippen LogP contribution in [0, 0.1) is 0 Å². The van der Waals surface area contributed by atoms with Crippen molar-refractivity contribution in [3.63, 3.8) is 0 Å². The molecule has 0 amide bonds. The summed E-state index contributed by atoms with van der Waals surface area (Å²) < 4.78 is 1.09. The van der Waals surface area contributed by atoms with Crippen LogP contribution in [-0.4, -0.2) is 0 Å². The van der Waals surface area contributed by atoms with E-state index in [4.69, 9.17) is 11.6 Å². The van der Waals surface area contributed by atoms with E-state index >= 15 is 0 Å². The fraction of sp³-hybridized carbons (Fsp3) is 0. The molecule has 0 saturated carbocycles. The van der Waals surface area contributed by atoms with E-state index in [-0.39, 0.29) is 0 Å². The molecule has 0 aliphatic heterocycles. The van der Waals surface area contributed by atoms with Crippen LogP contribution >= 0.6 is 27.5 Å². The Hall–Kier alpha value is -1.31. The third-order valence-corrected chi connectivity index (χ3v) is 4.21. The number of halogens is 2. The number of hydrogen-bond acceptors (Lipinski definition) is 0. The van der Waals surface area contributed by atoms with Crippen LogP contribution in [-0.2, 0) is 0 Å². The minimum absolute atomic E-state index is 0.772. The summed E-state index contributed by atoms with van der Waals surface area (Å²) in [5, 5.41) is 3.20. The highest BCUT2D eigenvalue weighted by Crippen LogP contribution is 2.37. The molecule has 3 rings (SSSR count). The van der Waals surface area contributed by atoms with Crippen LogP contribution in [0.1, 0.15) is 0 Å². The fourth-order valence-electron chi connectivity index (χ4n) is 2.12. The van der Waals surface area contributed by atoms with E-state index in [0.717, 1.165) is 20.6 Å². The SMILES string of the molecule is Clc1ccccc1-c1ccc2ccccc2c1Br. The maximum absolute atomic E-state index is 6.26. The van der Waals surface area contributed by atoms with Gasteiger partial charge in [0.15, 0.2) is 0 Å². The molecule has 0 spiro atoms. The first-order chi connectivity index (χ1) is 8.77. The van der Waals surface area contributed by atoms with Crippen LogP contribution < -0.4 is 0 Å². The Morgan fingerprint density at radius 2 is 1.44 bits per heavy atom. The predicted octanol–water partition coefficient (Wildman–Crippen LogP) is 5.92. The summed E-state index contributed by atoms with van der Waals surface area (Å²) in [5.74, 6) is 0. The van der Waals surface area contributed by atoms with Gasteiger partial charge >= 0.3 is 0 Å². The molecule has 0 fully saturated rings. The van der Waals surface area contributed by atoms with Crippen molar-refractivity contribution in [2.45, 2.75) is 0 Å². The van der Waals surface area contributed by atoms with E-state index < -0.39 is 0 Å². The molecule has 0 aliphatic carbocycles. The quantitative estimate of drug-likeness (QED) is 0.522. The van der Waals surface area contributed by atoms with Gasteiger partial charge in [-0.1, -0.05) is 66.2 Å². The first kappa shape index (κ1) is 11.8. The van der Waals surface area contributed by atoms with E-state index in [1.165, 1.54) is 10.8 Å². The number of fused-ring (bicyclic) bond motifs is 1. The highest BCUT2D eigenvalue weighted by Gasteiger charge is 2.09. The molecular formula is C16H10BrCl. The Labute approximate surface area is 119 Å². The minimum atomic E-state index is 0.772. The van der Waals surface area contributed by atoms with Crippen LogP contribution in [0.4, 0.5) is 0 Å². The Morgan fingerprint density at radius 1 is 0.722 bits per heavy atom. The number of hydrogen-bond donors (Lipinski definition) is 0. The first-order valence-corrected chi connectivity index (χ1v) is 6.86. The molecule has 18 heavy (non-hydrogen) atoms. The molecule has 88 valence electrons. The zero-order valence-corrected chi connectivity index (χ0v) is 11.9. The molecule has 0 aromatic heterocycles. The molecule has 0 unspecified atom stereocenters. The average molecular weight is 318 g/mol. The Balaban J connectivity index is 2.31. The lowest BCUT2D eigenvalue weighted by atomic mass is 10.0. The van der Waals surface area contributed by atoms with Crippen LogP contribution in [0.3, 0.4) is 0 Å². The van der Waals surface area contributed by atoms with Crippen molar-refractivity contribution in [1.82, 2.24) is 0 Å². The van der Waals surface area contributed by atoms with Crippen molar-refractivity contribution >= 4 is 38.3 Å². The standard InChI is InChI=1S/C16H10BrCl/c17-16-12-6-2-1-5-11(12)9-10-14(16)13-7-3-4-8-15(13)18/h1-10H. The van der Waals surface area contributed by atoms with Gasteiger partial charge in [-0.15, -0.1) is 0 Å². The highest BCUT2D eigenvalue weighted by molar-refractivity contribution is 9.10. The molecule has 3 aromatic rings. The van der Waals surface area contributed by atoms with Crippen LogP contribution in [0.2, 0.25) is 5.02 Å². The molecule has 2 heteroatoms. The van der Waals surface area contributed by atoms with Gasteiger partial charge in [0.25, 0.3) is 0 Å². The summed E-state index contributed by atoms with van der Waals surface area (Å²) in [4.78, 5) is 0. The van der Waals surface area contributed by atoms with Gasteiger partial charge in [0.1, 0.15) is 0 Å². The highest BCUT2D eigenvalue weighted by atomic mass is 79.9. The number of benzene rings is 3. The van der Waals surface area contributed by atoms with Gasteiger partial charge < -0.3 is 0 Å². The van der Waals surface area contributed by atoms with E-state index in [0.29, 0.717) is 0 Å². The van der Waals surface area contributed by atoms with Crippen molar-refractivity contribution in [3.8, 4) is 11.1 Å². The van der Waals surface area contributed by atoms with Crippen molar-refractivity contribution in [2.24, 2.45) is 0 Å². The van der Waals surface area contributed by atoms with Gasteiger partial charge in [-0.2, -0.15) is 0 Å². The van der Waals surface area contributed by atoms with E-state index in [1.54, 1.807) is 0 Å². The van der Waals surface area contributed by atoms with E-state index in [1.807, 2.05) is 36.4 Å². The molecule has 0 bridgehead atoms. The Bertz CT molecular complexity index is 719. The second-order valence-electron chi connectivity index (χ2n) is 4.13. The summed E-state index contributed by atoms with van der Waals surface area (Å²) in [6, 6.07) is 20.4. The smallest absolute Gasteiger partial charge is 0.0484 e.